The molecule has 0 unspecified atom stereocenters. The number of aromatic nitrogens is 1. The summed E-state index contributed by atoms with van der Waals surface area (Å²) in [7, 11) is 0. The first-order valence-electron chi connectivity index (χ1n) is 6.86. The third-order valence-corrected chi connectivity index (χ3v) is 4.23. The molecule has 0 radical (unpaired) electrons. The molecule has 2 aromatic rings. The third-order valence-electron chi connectivity index (χ3n) is 3.58. The number of pyridine rings is 1. The van der Waals surface area contributed by atoms with Gasteiger partial charge in [-0.3, -0.25) is 4.98 Å². The van der Waals surface area contributed by atoms with Crippen LogP contribution in [0.5, 0.6) is 0 Å². The van der Waals surface area contributed by atoms with Gasteiger partial charge < -0.3 is 0 Å². The van der Waals surface area contributed by atoms with Gasteiger partial charge >= 0.3 is 6.18 Å². The molecule has 1 aromatic carbocycles. The fourth-order valence-electron chi connectivity index (χ4n) is 2.47. The summed E-state index contributed by atoms with van der Waals surface area (Å²) in [6.07, 6.45) is -4.19. The van der Waals surface area contributed by atoms with Crippen molar-refractivity contribution in [1.29, 1.82) is 0 Å². The molecule has 0 spiro atoms. The molecule has 128 valence electrons. The molecule has 1 aromatic heterocycles. The number of alkyl halides is 3. The standard InChI is InChI=1S/C14H12Cl2F3N5/c15-9-4-2-1-3-8(9)11(13-21-23-24-22-13)12-10(16)5-7(6-20-12)14(17,18)19/h1-6,11,13,21-24H/t11-/m0/s1. The molecular formula is C14H12Cl2F3N5. The Labute approximate surface area is 145 Å². The fourth-order valence-corrected chi connectivity index (χ4v) is 3.01. The van der Waals surface area contributed by atoms with E-state index >= 15 is 0 Å². The van der Waals surface area contributed by atoms with Gasteiger partial charge in [0.1, 0.15) is 0 Å². The van der Waals surface area contributed by atoms with Crippen molar-refractivity contribution in [2.24, 2.45) is 0 Å². The van der Waals surface area contributed by atoms with E-state index in [2.05, 4.69) is 26.9 Å². The number of nitrogens with zero attached hydrogens (tertiary/aromatic N) is 1. The third kappa shape index (κ3) is 3.49. The molecular weight excluding hydrogens is 366 g/mol. The van der Waals surface area contributed by atoms with E-state index in [1.54, 1.807) is 24.3 Å². The number of hydrogen-bond acceptors (Lipinski definition) is 5. The SMILES string of the molecule is FC(F)(F)c1cnc([C@H](c2ccccc2Cl)C2NNNN2)c(Cl)c1. The molecule has 4 N–H and O–H groups in total. The van der Waals surface area contributed by atoms with Crippen LogP contribution in [-0.4, -0.2) is 11.1 Å². The van der Waals surface area contributed by atoms with Gasteiger partial charge in [0.15, 0.2) is 0 Å². The lowest BCUT2D eigenvalue weighted by molar-refractivity contribution is -0.137. The van der Waals surface area contributed by atoms with Crippen LogP contribution < -0.4 is 21.9 Å². The van der Waals surface area contributed by atoms with Crippen LogP contribution in [0.4, 0.5) is 13.2 Å². The van der Waals surface area contributed by atoms with Gasteiger partial charge in [0, 0.05) is 11.2 Å². The second-order valence-corrected chi connectivity index (χ2v) is 5.92. The Hall–Kier alpha value is -1.42. The Kier molecular flexibility index (Phi) is 4.95. The van der Waals surface area contributed by atoms with Crippen LogP contribution in [0.3, 0.4) is 0 Å². The van der Waals surface area contributed by atoms with Gasteiger partial charge in [0.05, 0.1) is 28.4 Å². The van der Waals surface area contributed by atoms with E-state index < -0.39 is 23.8 Å². The topological polar surface area (TPSA) is 61.0 Å². The highest BCUT2D eigenvalue weighted by molar-refractivity contribution is 6.32. The molecule has 1 aliphatic rings. The van der Waals surface area contributed by atoms with Gasteiger partial charge in [-0.2, -0.15) is 24.2 Å². The molecule has 1 fully saturated rings. The Morgan fingerprint density at radius 2 is 1.71 bits per heavy atom. The summed E-state index contributed by atoms with van der Waals surface area (Å²) in [6, 6.07) is 7.87. The number of halogens is 5. The Morgan fingerprint density at radius 3 is 2.29 bits per heavy atom. The molecule has 0 saturated carbocycles. The second-order valence-electron chi connectivity index (χ2n) is 5.10. The normalized spacial score (nSPS) is 17.2. The van der Waals surface area contributed by atoms with Gasteiger partial charge in [0.25, 0.3) is 0 Å². The molecule has 10 heteroatoms. The molecule has 1 atom stereocenters. The minimum atomic E-state index is -4.51. The zero-order valence-electron chi connectivity index (χ0n) is 12.0. The summed E-state index contributed by atoms with van der Waals surface area (Å²) in [5.74, 6) is -0.531. The highest BCUT2D eigenvalue weighted by Gasteiger charge is 2.35. The monoisotopic (exact) mass is 377 g/mol. The molecule has 0 amide bonds. The summed E-state index contributed by atoms with van der Waals surface area (Å²) in [6.45, 7) is 0. The lowest BCUT2D eigenvalue weighted by Gasteiger charge is -2.25. The van der Waals surface area contributed by atoms with Crippen LogP contribution in [0.15, 0.2) is 36.5 Å². The van der Waals surface area contributed by atoms with Crippen LogP contribution in [0, 0.1) is 0 Å². The predicted molar refractivity (Wildman–Crippen MR) is 83.9 cm³/mol. The van der Waals surface area contributed by atoms with Gasteiger partial charge in [-0.1, -0.05) is 41.4 Å². The minimum Gasteiger partial charge on any atom is -0.258 e. The Balaban J connectivity index is 2.08. The van der Waals surface area contributed by atoms with E-state index in [0.717, 1.165) is 12.3 Å². The highest BCUT2D eigenvalue weighted by Crippen LogP contribution is 2.37. The van der Waals surface area contributed by atoms with Gasteiger partial charge in [-0.25, -0.2) is 10.9 Å². The molecule has 0 aliphatic carbocycles. The van der Waals surface area contributed by atoms with Crippen LogP contribution >= 0.6 is 23.2 Å². The summed E-state index contributed by atoms with van der Waals surface area (Å²) in [5, 5.41) is 0.362. The van der Waals surface area contributed by atoms with Crippen molar-refractivity contribution in [3.63, 3.8) is 0 Å². The quantitative estimate of drug-likeness (QED) is 0.662. The molecule has 1 saturated heterocycles. The molecule has 5 nitrogen and oxygen atoms in total. The largest absolute Gasteiger partial charge is 0.417 e. The zero-order valence-corrected chi connectivity index (χ0v) is 13.5. The van der Waals surface area contributed by atoms with E-state index in [1.807, 2.05) is 0 Å². The number of hydrogen-bond donors (Lipinski definition) is 4. The van der Waals surface area contributed by atoms with Crippen LogP contribution in [-0.2, 0) is 6.18 Å². The van der Waals surface area contributed by atoms with Gasteiger partial charge in [-0.15, -0.1) is 0 Å². The Morgan fingerprint density at radius 1 is 1.04 bits per heavy atom. The highest BCUT2D eigenvalue weighted by atomic mass is 35.5. The van der Waals surface area contributed by atoms with Crippen molar-refractivity contribution in [1.82, 2.24) is 26.9 Å². The number of rotatable bonds is 3. The molecule has 1 aliphatic heterocycles. The smallest absolute Gasteiger partial charge is 0.258 e. The first kappa shape index (κ1) is 17.4. The van der Waals surface area contributed by atoms with Crippen LogP contribution in [0.25, 0.3) is 0 Å². The summed E-state index contributed by atoms with van der Waals surface area (Å²) >= 11 is 12.4. The molecule has 0 bridgehead atoms. The van der Waals surface area contributed by atoms with E-state index in [1.165, 1.54) is 0 Å². The summed E-state index contributed by atoms with van der Waals surface area (Å²) in [5.41, 5.74) is 11.2. The van der Waals surface area contributed by atoms with Crippen molar-refractivity contribution in [3.8, 4) is 0 Å². The second kappa shape index (κ2) is 6.83. The van der Waals surface area contributed by atoms with Crippen LogP contribution in [0.2, 0.25) is 10.0 Å². The van der Waals surface area contributed by atoms with Gasteiger partial charge in [-0.05, 0) is 17.7 Å². The first-order valence-corrected chi connectivity index (χ1v) is 7.61. The molecule has 3 rings (SSSR count). The number of nitrogens with one attached hydrogen (secondary N) is 4. The average Bonchev–Trinajstić information content (AvgIpc) is 3.04. The lowest BCUT2D eigenvalue weighted by Crippen LogP contribution is -2.40. The average molecular weight is 378 g/mol. The van der Waals surface area contributed by atoms with Gasteiger partial charge in [0.2, 0.25) is 0 Å². The zero-order chi connectivity index (χ0) is 17.3. The summed E-state index contributed by atoms with van der Waals surface area (Å²) < 4.78 is 38.5. The Bertz CT molecular complexity index is 735. The van der Waals surface area contributed by atoms with E-state index in [0.29, 0.717) is 10.6 Å². The van der Waals surface area contributed by atoms with E-state index in [-0.39, 0.29) is 10.7 Å². The van der Waals surface area contributed by atoms with E-state index in [9.17, 15) is 13.2 Å². The van der Waals surface area contributed by atoms with Crippen LogP contribution in [0.1, 0.15) is 22.7 Å². The van der Waals surface area contributed by atoms with Crippen molar-refractivity contribution in [2.45, 2.75) is 18.3 Å². The number of hydrazine groups is 3. The molecule has 24 heavy (non-hydrogen) atoms. The molecule has 2 heterocycles. The predicted octanol–water partition coefficient (Wildman–Crippen LogP) is 2.98. The summed E-state index contributed by atoms with van der Waals surface area (Å²) in [4.78, 5) is 3.96. The lowest BCUT2D eigenvalue weighted by atomic mass is 9.92. The first-order chi connectivity index (χ1) is 11.4. The maximum absolute atomic E-state index is 12.8. The van der Waals surface area contributed by atoms with Crippen molar-refractivity contribution in [3.05, 3.63) is 63.4 Å². The fraction of sp³-hybridized carbons (Fsp3) is 0.214. The van der Waals surface area contributed by atoms with Crippen molar-refractivity contribution < 1.29 is 13.2 Å². The van der Waals surface area contributed by atoms with Crippen molar-refractivity contribution in [2.75, 3.05) is 0 Å². The van der Waals surface area contributed by atoms with Crippen molar-refractivity contribution >= 4 is 23.2 Å². The maximum Gasteiger partial charge on any atom is 0.417 e. The van der Waals surface area contributed by atoms with E-state index in [4.69, 9.17) is 23.2 Å². The number of benzene rings is 1. The minimum absolute atomic E-state index is 0.0924. The maximum atomic E-state index is 12.8.